The summed E-state index contributed by atoms with van der Waals surface area (Å²) < 4.78 is 26.1. The van der Waals surface area contributed by atoms with Gasteiger partial charge in [-0.1, -0.05) is 53.5 Å². The number of aromatic nitrogens is 1. The standard InChI is InChI=1S/C23H14Cl2N2O2S/c24-16-7-5-15(6-8-16)23-21(20-3-1-2-4-22(20)27-23)13-19(14-26)30(28,29)18-11-9-17(25)10-12-18/h1-13,27H/b19-13-. The molecule has 0 amide bonds. The molecule has 0 aliphatic carbocycles. The Morgan fingerprint density at radius 1 is 0.900 bits per heavy atom. The molecule has 0 atom stereocenters. The highest BCUT2D eigenvalue weighted by atomic mass is 35.5. The Morgan fingerprint density at radius 3 is 2.13 bits per heavy atom. The van der Waals surface area contributed by atoms with Crippen LogP contribution in [0.3, 0.4) is 0 Å². The van der Waals surface area contributed by atoms with E-state index in [2.05, 4.69) is 4.98 Å². The lowest BCUT2D eigenvalue weighted by Gasteiger charge is -2.05. The van der Waals surface area contributed by atoms with Crippen LogP contribution in [0.5, 0.6) is 0 Å². The first kappa shape index (κ1) is 20.2. The second kappa shape index (κ2) is 8.00. The number of benzene rings is 3. The summed E-state index contributed by atoms with van der Waals surface area (Å²) in [5, 5.41) is 11.5. The van der Waals surface area contributed by atoms with E-state index in [0.29, 0.717) is 21.3 Å². The highest BCUT2D eigenvalue weighted by Gasteiger charge is 2.22. The zero-order valence-corrected chi connectivity index (χ0v) is 17.8. The fourth-order valence-corrected chi connectivity index (χ4v) is 4.59. The fraction of sp³-hybridized carbons (Fsp3) is 0. The van der Waals surface area contributed by atoms with E-state index in [9.17, 15) is 13.7 Å². The third kappa shape index (κ3) is 3.73. The van der Waals surface area contributed by atoms with Crippen molar-refractivity contribution in [2.75, 3.05) is 0 Å². The average molecular weight is 453 g/mol. The largest absolute Gasteiger partial charge is 0.354 e. The van der Waals surface area contributed by atoms with Gasteiger partial charge in [0, 0.05) is 26.5 Å². The first-order valence-corrected chi connectivity index (χ1v) is 11.1. The first-order valence-electron chi connectivity index (χ1n) is 8.89. The summed E-state index contributed by atoms with van der Waals surface area (Å²) in [5.74, 6) is 0. The van der Waals surface area contributed by atoms with Gasteiger partial charge in [-0.15, -0.1) is 0 Å². The second-order valence-electron chi connectivity index (χ2n) is 6.54. The van der Waals surface area contributed by atoms with Crippen molar-refractivity contribution in [2.45, 2.75) is 4.90 Å². The molecule has 0 aliphatic rings. The van der Waals surface area contributed by atoms with E-state index in [1.807, 2.05) is 42.5 Å². The fourth-order valence-electron chi connectivity index (χ4n) is 3.20. The third-order valence-electron chi connectivity index (χ3n) is 4.68. The van der Waals surface area contributed by atoms with Crippen molar-refractivity contribution in [3.05, 3.63) is 93.3 Å². The quantitative estimate of drug-likeness (QED) is 0.360. The van der Waals surface area contributed by atoms with Crippen LogP contribution in [0.4, 0.5) is 0 Å². The highest BCUT2D eigenvalue weighted by Crippen LogP contribution is 2.34. The maximum atomic E-state index is 13.1. The van der Waals surface area contributed by atoms with Gasteiger partial charge in [-0.05, 0) is 54.1 Å². The van der Waals surface area contributed by atoms with Gasteiger partial charge in [-0.25, -0.2) is 8.42 Å². The summed E-state index contributed by atoms with van der Waals surface area (Å²) in [5.41, 5.74) is 2.96. The van der Waals surface area contributed by atoms with Gasteiger partial charge in [0.05, 0.1) is 10.6 Å². The number of sulfone groups is 1. The SMILES string of the molecule is N#C/C(=C/c1c(-c2ccc(Cl)cc2)[nH]c2ccccc12)S(=O)(=O)c1ccc(Cl)cc1. The van der Waals surface area contributed by atoms with Crippen LogP contribution < -0.4 is 0 Å². The number of fused-ring (bicyclic) bond motifs is 1. The Morgan fingerprint density at radius 2 is 1.50 bits per heavy atom. The number of nitrogens with zero attached hydrogens (tertiary/aromatic N) is 1. The van der Waals surface area contributed by atoms with Crippen molar-refractivity contribution >= 4 is 50.0 Å². The Hall–Kier alpha value is -3.04. The summed E-state index contributed by atoms with van der Waals surface area (Å²) in [6, 6.07) is 22.3. The number of rotatable bonds is 4. The molecule has 0 saturated heterocycles. The van der Waals surface area contributed by atoms with Gasteiger partial charge in [-0.2, -0.15) is 5.26 Å². The van der Waals surface area contributed by atoms with E-state index in [4.69, 9.17) is 23.2 Å². The number of halogens is 2. The molecule has 1 N–H and O–H groups in total. The lowest BCUT2D eigenvalue weighted by Crippen LogP contribution is -2.03. The maximum absolute atomic E-state index is 13.1. The lowest BCUT2D eigenvalue weighted by molar-refractivity contribution is 0.603. The van der Waals surface area contributed by atoms with E-state index < -0.39 is 9.84 Å². The van der Waals surface area contributed by atoms with Gasteiger partial charge in [0.1, 0.15) is 11.0 Å². The predicted octanol–water partition coefficient (Wildman–Crippen LogP) is 6.48. The molecule has 0 radical (unpaired) electrons. The minimum absolute atomic E-state index is 0.00702. The molecule has 0 spiro atoms. The van der Waals surface area contributed by atoms with E-state index >= 15 is 0 Å². The second-order valence-corrected chi connectivity index (χ2v) is 9.33. The number of allylic oxidation sites excluding steroid dienone is 1. The number of H-pyrrole nitrogens is 1. The van der Waals surface area contributed by atoms with E-state index in [1.54, 1.807) is 12.1 Å². The Bertz CT molecular complexity index is 1410. The minimum atomic E-state index is -4.01. The van der Waals surface area contributed by atoms with Crippen LogP contribution in [0.1, 0.15) is 5.56 Å². The Labute approximate surface area is 183 Å². The molecule has 1 aromatic heterocycles. The van der Waals surface area contributed by atoms with Gasteiger partial charge >= 0.3 is 0 Å². The van der Waals surface area contributed by atoms with E-state index in [1.165, 1.54) is 30.3 Å². The molecule has 4 rings (SSSR count). The topological polar surface area (TPSA) is 73.7 Å². The molecule has 148 valence electrons. The van der Waals surface area contributed by atoms with Gasteiger partial charge in [0.25, 0.3) is 0 Å². The Balaban J connectivity index is 1.94. The zero-order chi connectivity index (χ0) is 21.3. The molecular weight excluding hydrogens is 439 g/mol. The van der Waals surface area contributed by atoms with E-state index in [-0.39, 0.29) is 9.80 Å². The predicted molar refractivity (Wildman–Crippen MR) is 121 cm³/mol. The normalized spacial score (nSPS) is 12.1. The van der Waals surface area contributed by atoms with Crippen LogP contribution in [-0.2, 0) is 9.84 Å². The molecule has 7 heteroatoms. The number of nitriles is 1. The van der Waals surface area contributed by atoms with Crippen LogP contribution in [0, 0.1) is 11.3 Å². The maximum Gasteiger partial charge on any atom is 0.216 e. The molecule has 3 aromatic carbocycles. The van der Waals surface area contributed by atoms with Crippen molar-refractivity contribution in [1.29, 1.82) is 5.26 Å². The van der Waals surface area contributed by atoms with Crippen molar-refractivity contribution in [1.82, 2.24) is 4.98 Å². The number of hydrogen-bond acceptors (Lipinski definition) is 3. The van der Waals surface area contributed by atoms with Crippen LogP contribution in [0.2, 0.25) is 10.0 Å². The molecule has 0 unspecified atom stereocenters. The molecule has 0 saturated carbocycles. The summed E-state index contributed by atoms with van der Waals surface area (Å²) in [6.07, 6.45) is 1.41. The third-order valence-corrected chi connectivity index (χ3v) is 6.86. The molecule has 4 aromatic rings. The molecule has 0 aliphatic heterocycles. The molecule has 0 bridgehead atoms. The molecule has 30 heavy (non-hydrogen) atoms. The molecular formula is C23H14Cl2N2O2S. The summed E-state index contributed by atoms with van der Waals surface area (Å²) >= 11 is 11.9. The lowest BCUT2D eigenvalue weighted by atomic mass is 10.0. The number of aromatic amines is 1. The van der Waals surface area contributed by atoms with Gasteiger partial charge < -0.3 is 4.98 Å². The number of nitrogens with one attached hydrogen (secondary N) is 1. The molecule has 0 fully saturated rings. The zero-order valence-electron chi connectivity index (χ0n) is 15.4. The van der Waals surface area contributed by atoms with Gasteiger partial charge in [0.2, 0.25) is 9.84 Å². The Kier molecular flexibility index (Phi) is 5.40. The number of hydrogen-bond donors (Lipinski definition) is 1. The van der Waals surface area contributed by atoms with E-state index in [0.717, 1.165) is 16.5 Å². The van der Waals surface area contributed by atoms with Crippen molar-refractivity contribution in [2.24, 2.45) is 0 Å². The highest BCUT2D eigenvalue weighted by molar-refractivity contribution is 7.95. The molecule has 4 nitrogen and oxygen atoms in total. The van der Waals surface area contributed by atoms with Crippen LogP contribution in [0.15, 0.2) is 82.6 Å². The first-order chi connectivity index (χ1) is 14.4. The van der Waals surface area contributed by atoms with Crippen molar-refractivity contribution in [3.8, 4) is 17.3 Å². The van der Waals surface area contributed by atoms with Crippen LogP contribution in [0.25, 0.3) is 28.2 Å². The van der Waals surface area contributed by atoms with Gasteiger partial charge in [-0.3, -0.25) is 0 Å². The average Bonchev–Trinajstić information content (AvgIpc) is 3.11. The summed E-state index contributed by atoms with van der Waals surface area (Å²) in [4.78, 5) is 2.97. The summed E-state index contributed by atoms with van der Waals surface area (Å²) in [6.45, 7) is 0. The van der Waals surface area contributed by atoms with Crippen molar-refractivity contribution in [3.63, 3.8) is 0 Å². The number of para-hydroxylation sites is 1. The monoisotopic (exact) mass is 452 g/mol. The van der Waals surface area contributed by atoms with Gasteiger partial charge in [0.15, 0.2) is 0 Å². The van der Waals surface area contributed by atoms with Crippen LogP contribution in [-0.4, -0.2) is 13.4 Å². The summed E-state index contributed by atoms with van der Waals surface area (Å²) in [7, 11) is -4.01. The molecule has 1 heterocycles. The minimum Gasteiger partial charge on any atom is -0.354 e. The van der Waals surface area contributed by atoms with Crippen molar-refractivity contribution < 1.29 is 8.42 Å². The smallest absolute Gasteiger partial charge is 0.216 e. The van der Waals surface area contributed by atoms with Crippen LogP contribution >= 0.6 is 23.2 Å².